The van der Waals surface area contributed by atoms with Crippen LogP contribution in [0.1, 0.15) is 0 Å². The van der Waals surface area contributed by atoms with Crippen LogP contribution in [0.5, 0.6) is 0 Å². The Bertz CT molecular complexity index is 631. The zero-order chi connectivity index (χ0) is 11.0. The van der Waals surface area contributed by atoms with Crippen LogP contribution in [0.2, 0.25) is 0 Å². The third-order valence-corrected chi connectivity index (χ3v) is 3.30. The SMILES string of the molecule is Ic1cccc2c1nnn2-c1ccccc1. The van der Waals surface area contributed by atoms with Gasteiger partial charge in [-0.15, -0.1) is 5.10 Å². The third kappa shape index (κ3) is 1.49. The second-order valence-electron chi connectivity index (χ2n) is 3.44. The summed E-state index contributed by atoms with van der Waals surface area (Å²) in [5.74, 6) is 0. The van der Waals surface area contributed by atoms with Crippen molar-refractivity contribution in [3.05, 3.63) is 52.1 Å². The van der Waals surface area contributed by atoms with Crippen LogP contribution >= 0.6 is 22.6 Å². The predicted octanol–water partition coefficient (Wildman–Crippen LogP) is 3.03. The minimum atomic E-state index is 0.951. The van der Waals surface area contributed by atoms with Gasteiger partial charge >= 0.3 is 0 Å². The van der Waals surface area contributed by atoms with E-state index in [1.807, 2.05) is 53.2 Å². The summed E-state index contributed by atoms with van der Waals surface area (Å²) in [5, 5.41) is 8.39. The topological polar surface area (TPSA) is 30.7 Å². The van der Waals surface area contributed by atoms with Crippen LogP contribution < -0.4 is 0 Å². The summed E-state index contributed by atoms with van der Waals surface area (Å²) in [7, 11) is 0. The molecule has 1 heterocycles. The number of hydrogen-bond donors (Lipinski definition) is 0. The molecule has 0 amide bonds. The third-order valence-electron chi connectivity index (χ3n) is 2.43. The molecule has 0 radical (unpaired) electrons. The van der Waals surface area contributed by atoms with Gasteiger partial charge in [-0.3, -0.25) is 0 Å². The van der Waals surface area contributed by atoms with E-state index in [1.54, 1.807) is 0 Å². The van der Waals surface area contributed by atoms with Gasteiger partial charge < -0.3 is 0 Å². The average Bonchev–Trinajstić information content (AvgIpc) is 2.75. The maximum absolute atomic E-state index is 4.20. The lowest BCUT2D eigenvalue weighted by Gasteiger charge is -2.00. The van der Waals surface area contributed by atoms with Crippen LogP contribution in [0, 0.1) is 3.57 Å². The average molecular weight is 321 g/mol. The first kappa shape index (κ1) is 9.77. The molecule has 0 N–H and O–H groups in total. The molecule has 4 heteroatoms. The zero-order valence-corrected chi connectivity index (χ0v) is 10.5. The smallest absolute Gasteiger partial charge is 0.126 e. The van der Waals surface area contributed by atoms with Crippen LogP contribution in [0.4, 0.5) is 0 Å². The summed E-state index contributed by atoms with van der Waals surface area (Å²) in [5.41, 5.74) is 3.03. The summed E-state index contributed by atoms with van der Waals surface area (Å²) < 4.78 is 2.98. The van der Waals surface area contributed by atoms with E-state index in [9.17, 15) is 0 Å². The summed E-state index contributed by atoms with van der Waals surface area (Å²) >= 11 is 2.27. The van der Waals surface area contributed by atoms with Crippen molar-refractivity contribution in [1.29, 1.82) is 0 Å². The molecule has 0 aliphatic heterocycles. The van der Waals surface area contributed by atoms with Crippen LogP contribution in [0.3, 0.4) is 0 Å². The Balaban J connectivity index is 2.30. The van der Waals surface area contributed by atoms with Crippen LogP contribution in [-0.4, -0.2) is 15.0 Å². The molecular weight excluding hydrogens is 313 g/mol. The van der Waals surface area contributed by atoms with Crippen molar-refractivity contribution in [2.24, 2.45) is 0 Å². The first-order chi connectivity index (χ1) is 7.86. The van der Waals surface area contributed by atoms with E-state index in [0.717, 1.165) is 20.3 Å². The Hall–Kier alpha value is -1.43. The molecule has 0 aliphatic rings. The van der Waals surface area contributed by atoms with Gasteiger partial charge in [0.2, 0.25) is 0 Å². The lowest BCUT2D eigenvalue weighted by molar-refractivity contribution is 0.824. The van der Waals surface area contributed by atoms with Crippen LogP contribution in [-0.2, 0) is 0 Å². The predicted molar refractivity (Wildman–Crippen MR) is 71.6 cm³/mol. The van der Waals surface area contributed by atoms with Gasteiger partial charge in [-0.05, 0) is 46.9 Å². The van der Waals surface area contributed by atoms with Crippen molar-refractivity contribution in [3.63, 3.8) is 0 Å². The summed E-state index contributed by atoms with van der Waals surface area (Å²) in [6.07, 6.45) is 0. The number of rotatable bonds is 1. The van der Waals surface area contributed by atoms with E-state index < -0.39 is 0 Å². The number of benzene rings is 2. The normalized spacial score (nSPS) is 10.8. The van der Waals surface area contributed by atoms with Gasteiger partial charge in [-0.2, -0.15) is 0 Å². The van der Waals surface area contributed by atoms with Gasteiger partial charge in [0, 0.05) is 3.57 Å². The Kier molecular flexibility index (Phi) is 2.36. The van der Waals surface area contributed by atoms with Crippen molar-refractivity contribution in [1.82, 2.24) is 15.0 Å². The molecule has 0 unspecified atom stereocenters. The maximum Gasteiger partial charge on any atom is 0.126 e. The molecule has 2 aromatic carbocycles. The minimum Gasteiger partial charge on any atom is -0.213 e. The molecule has 0 spiro atoms. The second kappa shape index (κ2) is 3.86. The fourth-order valence-electron chi connectivity index (χ4n) is 1.67. The highest BCUT2D eigenvalue weighted by atomic mass is 127. The van der Waals surface area contributed by atoms with Gasteiger partial charge in [0.1, 0.15) is 5.52 Å². The molecule has 16 heavy (non-hydrogen) atoms. The Labute approximate surface area is 106 Å². The molecule has 0 saturated heterocycles. The minimum absolute atomic E-state index is 0.951. The van der Waals surface area contributed by atoms with Crippen molar-refractivity contribution in [2.45, 2.75) is 0 Å². The van der Waals surface area contributed by atoms with Crippen molar-refractivity contribution >= 4 is 33.6 Å². The number of nitrogens with zero attached hydrogens (tertiary/aromatic N) is 3. The molecule has 3 nitrogen and oxygen atoms in total. The van der Waals surface area contributed by atoms with Gasteiger partial charge in [-0.1, -0.05) is 29.5 Å². The fraction of sp³-hybridized carbons (Fsp3) is 0. The molecule has 78 valence electrons. The lowest BCUT2D eigenvalue weighted by atomic mass is 10.3. The Morgan fingerprint density at radius 2 is 1.75 bits per heavy atom. The summed E-state index contributed by atoms with van der Waals surface area (Å²) in [6.45, 7) is 0. The molecule has 0 atom stereocenters. The fourth-order valence-corrected chi connectivity index (χ4v) is 2.26. The highest BCUT2D eigenvalue weighted by Crippen LogP contribution is 2.20. The number of aromatic nitrogens is 3. The zero-order valence-electron chi connectivity index (χ0n) is 8.34. The van der Waals surface area contributed by atoms with Crippen molar-refractivity contribution in [3.8, 4) is 5.69 Å². The van der Waals surface area contributed by atoms with Gasteiger partial charge in [0.05, 0.1) is 11.2 Å². The first-order valence-electron chi connectivity index (χ1n) is 4.91. The second-order valence-corrected chi connectivity index (χ2v) is 4.61. The summed E-state index contributed by atoms with van der Waals surface area (Å²) in [4.78, 5) is 0. The maximum atomic E-state index is 4.20. The monoisotopic (exact) mass is 321 g/mol. The number of hydrogen-bond acceptors (Lipinski definition) is 2. The molecule has 0 aliphatic carbocycles. The molecule has 0 fully saturated rings. The number of halogens is 1. The quantitative estimate of drug-likeness (QED) is 0.645. The summed E-state index contributed by atoms with van der Waals surface area (Å²) in [6, 6.07) is 16.1. The molecular formula is C12H8IN3. The van der Waals surface area contributed by atoms with E-state index in [-0.39, 0.29) is 0 Å². The number of fused-ring (bicyclic) bond motifs is 1. The highest BCUT2D eigenvalue weighted by Gasteiger charge is 2.07. The van der Waals surface area contributed by atoms with Crippen LogP contribution in [0.25, 0.3) is 16.7 Å². The standard InChI is InChI=1S/C12H8IN3/c13-10-7-4-8-11-12(10)14-15-16(11)9-5-2-1-3-6-9/h1-8H. The lowest BCUT2D eigenvalue weighted by Crippen LogP contribution is -1.95. The van der Waals surface area contributed by atoms with Gasteiger partial charge in [0.15, 0.2) is 0 Å². The molecule has 3 aromatic rings. The van der Waals surface area contributed by atoms with Gasteiger partial charge in [-0.25, -0.2) is 4.68 Å². The Morgan fingerprint density at radius 1 is 0.938 bits per heavy atom. The van der Waals surface area contributed by atoms with E-state index in [2.05, 4.69) is 32.9 Å². The van der Waals surface area contributed by atoms with Crippen LogP contribution in [0.15, 0.2) is 48.5 Å². The van der Waals surface area contributed by atoms with Crippen molar-refractivity contribution in [2.75, 3.05) is 0 Å². The molecule has 0 bridgehead atoms. The van der Waals surface area contributed by atoms with E-state index >= 15 is 0 Å². The largest absolute Gasteiger partial charge is 0.213 e. The van der Waals surface area contributed by atoms with E-state index in [1.165, 1.54) is 0 Å². The first-order valence-corrected chi connectivity index (χ1v) is 5.99. The molecule has 3 rings (SSSR count). The highest BCUT2D eigenvalue weighted by molar-refractivity contribution is 14.1. The van der Waals surface area contributed by atoms with Crippen molar-refractivity contribution < 1.29 is 0 Å². The van der Waals surface area contributed by atoms with Gasteiger partial charge in [0.25, 0.3) is 0 Å². The molecule has 0 saturated carbocycles. The van der Waals surface area contributed by atoms with E-state index in [0.29, 0.717) is 0 Å². The van der Waals surface area contributed by atoms with E-state index in [4.69, 9.17) is 0 Å². The molecule has 1 aromatic heterocycles. The Morgan fingerprint density at radius 3 is 2.56 bits per heavy atom. The number of para-hydroxylation sites is 1.